The summed E-state index contributed by atoms with van der Waals surface area (Å²) in [6.07, 6.45) is 3.01. The standard InChI is InChI=1S/C19H30N4O.2ClH/c1-21(17-5-3-2-4-6-17)18-7-12-22(13-8-18)14-9-19(24)23-15-10-20-11-16-23;;/h2-6,18,20H,7-16H2,1H3;2*1H. The summed E-state index contributed by atoms with van der Waals surface area (Å²) in [5, 5.41) is 3.29. The fourth-order valence-electron chi connectivity index (χ4n) is 3.73. The van der Waals surface area contributed by atoms with Crippen LogP contribution in [0.2, 0.25) is 0 Å². The van der Waals surface area contributed by atoms with E-state index in [1.807, 2.05) is 4.90 Å². The molecule has 7 heteroatoms. The predicted molar refractivity (Wildman–Crippen MR) is 113 cm³/mol. The molecular formula is C19H32Cl2N4O. The Kier molecular flexibility index (Phi) is 10.3. The minimum absolute atomic E-state index is 0. The van der Waals surface area contributed by atoms with E-state index in [4.69, 9.17) is 0 Å². The van der Waals surface area contributed by atoms with E-state index in [9.17, 15) is 4.79 Å². The van der Waals surface area contributed by atoms with Crippen LogP contribution < -0.4 is 10.2 Å². The Balaban J connectivity index is 0.00000169. The van der Waals surface area contributed by atoms with Gasteiger partial charge in [-0.15, -0.1) is 24.8 Å². The fourth-order valence-corrected chi connectivity index (χ4v) is 3.73. The van der Waals surface area contributed by atoms with Gasteiger partial charge < -0.3 is 20.0 Å². The molecule has 1 amide bonds. The maximum Gasteiger partial charge on any atom is 0.223 e. The van der Waals surface area contributed by atoms with Gasteiger partial charge in [0, 0.05) is 71.0 Å². The number of carbonyl (C=O) groups is 1. The van der Waals surface area contributed by atoms with Crippen molar-refractivity contribution in [2.45, 2.75) is 25.3 Å². The number of carbonyl (C=O) groups excluding carboxylic acids is 1. The molecule has 2 aliphatic rings. The zero-order chi connectivity index (χ0) is 16.8. The molecule has 0 aromatic heterocycles. The Morgan fingerprint density at radius 1 is 1.08 bits per heavy atom. The second-order valence-corrected chi connectivity index (χ2v) is 6.90. The number of halogens is 2. The van der Waals surface area contributed by atoms with Crippen LogP contribution in [-0.4, -0.2) is 74.6 Å². The second-order valence-electron chi connectivity index (χ2n) is 6.90. The number of benzene rings is 1. The molecule has 3 rings (SSSR count). The van der Waals surface area contributed by atoms with Crippen molar-refractivity contribution >= 4 is 36.4 Å². The number of rotatable bonds is 5. The highest BCUT2D eigenvalue weighted by Gasteiger charge is 2.24. The van der Waals surface area contributed by atoms with Crippen LogP contribution in [-0.2, 0) is 4.79 Å². The number of nitrogens with one attached hydrogen (secondary N) is 1. The van der Waals surface area contributed by atoms with Gasteiger partial charge in [-0.3, -0.25) is 4.79 Å². The molecule has 2 saturated heterocycles. The molecule has 2 aliphatic heterocycles. The van der Waals surface area contributed by atoms with Gasteiger partial charge in [0.1, 0.15) is 0 Å². The number of nitrogens with zero attached hydrogens (tertiary/aromatic N) is 3. The van der Waals surface area contributed by atoms with E-state index in [0.29, 0.717) is 18.4 Å². The average Bonchev–Trinajstić information content (AvgIpc) is 2.67. The van der Waals surface area contributed by atoms with E-state index in [1.54, 1.807) is 0 Å². The Labute approximate surface area is 169 Å². The van der Waals surface area contributed by atoms with E-state index >= 15 is 0 Å². The third-order valence-corrected chi connectivity index (χ3v) is 5.38. The molecular weight excluding hydrogens is 371 g/mol. The molecule has 0 spiro atoms. The van der Waals surface area contributed by atoms with Crippen LogP contribution in [0.4, 0.5) is 5.69 Å². The molecule has 0 radical (unpaired) electrons. The van der Waals surface area contributed by atoms with E-state index < -0.39 is 0 Å². The van der Waals surface area contributed by atoms with Gasteiger partial charge in [-0.1, -0.05) is 18.2 Å². The first-order chi connectivity index (χ1) is 11.7. The molecule has 0 aliphatic carbocycles. The molecule has 2 fully saturated rings. The van der Waals surface area contributed by atoms with Crippen LogP contribution in [0.3, 0.4) is 0 Å². The lowest BCUT2D eigenvalue weighted by molar-refractivity contribution is -0.132. The van der Waals surface area contributed by atoms with E-state index in [0.717, 1.165) is 45.8 Å². The van der Waals surface area contributed by atoms with Crippen molar-refractivity contribution in [1.29, 1.82) is 0 Å². The smallest absolute Gasteiger partial charge is 0.223 e. The summed E-state index contributed by atoms with van der Waals surface area (Å²) >= 11 is 0. The number of piperidine rings is 1. The summed E-state index contributed by atoms with van der Waals surface area (Å²) in [6.45, 7) is 6.69. The van der Waals surface area contributed by atoms with Crippen LogP contribution in [0.5, 0.6) is 0 Å². The number of hydrogen-bond donors (Lipinski definition) is 1. The summed E-state index contributed by atoms with van der Waals surface area (Å²) in [7, 11) is 2.20. The van der Waals surface area contributed by atoms with Gasteiger partial charge in [0.25, 0.3) is 0 Å². The van der Waals surface area contributed by atoms with Gasteiger partial charge in [-0.25, -0.2) is 0 Å². The molecule has 0 bridgehead atoms. The maximum absolute atomic E-state index is 12.3. The summed E-state index contributed by atoms with van der Waals surface area (Å²) in [5.74, 6) is 0.319. The first-order valence-electron chi connectivity index (χ1n) is 9.23. The van der Waals surface area contributed by atoms with Crippen molar-refractivity contribution in [3.8, 4) is 0 Å². The topological polar surface area (TPSA) is 38.8 Å². The summed E-state index contributed by atoms with van der Waals surface area (Å²) in [6, 6.07) is 11.2. The van der Waals surface area contributed by atoms with Crippen LogP contribution >= 0.6 is 24.8 Å². The van der Waals surface area contributed by atoms with Gasteiger partial charge in [0.05, 0.1) is 0 Å². The maximum atomic E-state index is 12.3. The SMILES string of the molecule is CN(c1ccccc1)C1CCN(CCC(=O)N2CCNCC2)CC1.Cl.Cl. The molecule has 1 N–H and O–H groups in total. The first kappa shape index (κ1) is 23.0. The molecule has 0 saturated carbocycles. The first-order valence-corrected chi connectivity index (χ1v) is 9.23. The third-order valence-electron chi connectivity index (χ3n) is 5.38. The molecule has 148 valence electrons. The van der Waals surface area contributed by atoms with Crippen molar-refractivity contribution < 1.29 is 4.79 Å². The number of likely N-dealkylation sites (tertiary alicyclic amines) is 1. The second kappa shape index (κ2) is 11.7. The summed E-state index contributed by atoms with van der Waals surface area (Å²) in [4.78, 5) is 19.1. The number of anilines is 1. The zero-order valence-electron chi connectivity index (χ0n) is 15.6. The average molecular weight is 403 g/mol. The quantitative estimate of drug-likeness (QED) is 0.819. The number of piperazine rings is 1. The lowest BCUT2D eigenvalue weighted by Gasteiger charge is -2.38. The van der Waals surface area contributed by atoms with E-state index in [2.05, 4.69) is 52.5 Å². The van der Waals surface area contributed by atoms with Crippen LogP contribution in [0, 0.1) is 0 Å². The minimum Gasteiger partial charge on any atom is -0.372 e. The number of para-hydroxylation sites is 1. The molecule has 1 aromatic carbocycles. The van der Waals surface area contributed by atoms with Crippen LogP contribution in [0.25, 0.3) is 0 Å². The predicted octanol–water partition coefficient (Wildman–Crippen LogP) is 2.25. The normalized spacial score (nSPS) is 18.6. The highest BCUT2D eigenvalue weighted by atomic mass is 35.5. The monoisotopic (exact) mass is 402 g/mol. The highest BCUT2D eigenvalue weighted by molar-refractivity contribution is 5.85. The number of amides is 1. The molecule has 5 nitrogen and oxygen atoms in total. The Morgan fingerprint density at radius 3 is 2.31 bits per heavy atom. The minimum atomic E-state index is 0. The van der Waals surface area contributed by atoms with Crippen molar-refractivity contribution in [1.82, 2.24) is 15.1 Å². The van der Waals surface area contributed by atoms with E-state index in [1.165, 1.54) is 18.5 Å². The van der Waals surface area contributed by atoms with Gasteiger partial charge in [0.15, 0.2) is 0 Å². The summed E-state index contributed by atoms with van der Waals surface area (Å²) in [5.41, 5.74) is 1.30. The third kappa shape index (κ3) is 6.31. The van der Waals surface area contributed by atoms with Crippen LogP contribution in [0.1, 0.15) is 19.3 Å². The lowest BCUT2D eigenvalue weighted by Crippen LogP contribution is -2.48. The fraction of sp³-hybridized carbons (Fsp3) is 0.632. The van der Waals surface area contributed by atoms with Crippen molar-refractivity contribution in [3.63, 3.8) is 0 Å². The molecule has 2 heterocycles. The molecule has 0 unspecified atom stereocenters. The number of hydrogen-bond acceptors (Lipinski definition) is 4. The molecule has 0 atom stereocenters. The van der Waals surface area contributed by atoms with Gasteiger partial charge in [0.2, 0.25) is 5.91 Å². The van der Waals surface area contributed by atoms with Crippen molar-refractivity contribution in [2.24, 2.45) is 0 Å². The van der Waals surface area contributed by atoms with Gasteiger partial charge in [-0.2, -0.15) is 0 Å². The molecule has 1 aromatic rings. The summed E-state index contributed by atoms with van der Waals surface area (Å²) < 4.78 is 0. The molecule has 26 heavy (non-hydrogen) atoms. The van der Waals surface area contributed by atoms with Crippen molar-refractivity contribution in [2.75, 3.05) is 57.8 Å². The Hall–Kier alpha value is -1.01. The zero-order valence-corrected chi connectivity index (χ0v) is 17.2. The Bertz CT molecular complexity index is 518. The van der Waals surface area contributed by atoms with Crippen molar-refractivity contribution in [3.05, 3.63) is 30.3 Å². The largest absolute Gasteiger partial charge is 0.372 e. The Morgan fingerprint density at radius 2 is 1.69 bits per heavy atom. The van der Waals surface area contributed by atoms with Gasteiger partial charge in [-0.05, 0) is 25.0 Å². The lowest BCUT2D eigenvalue weighted by atomic mass is 10.0. The van der Waals surface area contributed by atoms with E-state index in [-0.39, 0.29) is 24.8 Å². The van der Waals surface area contributed by atoms with Crippen LogP contribution in [0.15, 0.2) is 30.3 Å². The van der Waals surface area contributed by atoms with Gasteiger partial charge >= 0.3 is 0 Å². The highest BCUT2D eigenvalue weighted by Crippen LogP contribution is 2.21.